The van der Waals surface area contributed by atoms with Crippen LogP contribution in [0, 0.1) is 0 Å². The van der Waals surface area contributed by atoms with Crippen LogP contribution in [-0.4, -0.2) is 10.2 Å². The molecule has 0 unspecified atom stereocenters. The summed E-state index contributed by atoms with van der Waals surface area (Å²) in [5.74, 6) is 0. The Morgan fingerprint density at radius 3 is 2.55 bits per heavy atom. The molecule has 3 nitrogen and oxygen atoms in total. The van der Waals surface area contributed by atoms with Crippen LogP contribution in [0.5, 0.6) is 0 Å². The lowest BCUT2D eigenvalue weighted by Gasteiger charge is -2.17. The number of thiophene rings is 1. The minimum absolute atomic E-state index is 0.0556. The first kappa shape index (κ1) is 14.9. The maximum absolute atomic E-state index is 4.38. The van der Waals surface area contributed by atoms with Crippen LogP contribution in [0.3, 0.4) is 0 Å². The number of nitrogens with zero attached hydrogens (tertiary/aromatic N) is 1. The van der Waals surface area contributed by atoms with Crippen LogP contribution in [-0.2, 0) is 12.0 Å². The largest absolute Gasteiger partial charge is 0.381 e. The van der Waals surface area contributed by atoms with Gasteiger partial charge in [0.25, 0.3) is 0 Å². The molecule has 0 aliphatic heterocycles. The molecule has 3 aromatic rings. The van der Waals surface area contributed by atoms with Crippen molar-refractivity contribution in [2.24, 2.45) is 0 Å². The smallest absolute Gasteiger partial charge is 0.0725 e. The van der Waals surface area contributed by atoms with Gasteiger partial charge in [0.05, 0.1) is 5.69 Å². The van der Waals surface area contributed by atoms with Crippen molar-refractivity contribution in [2.45, 2.75) is 32.7 Å². The fourth-order valence-corrected chi connectivity index (χ4v) is 3.22. The zero-order valence-corrected chi connectivity index (χ0v) is 14.0. The molecule has 0 aliphatic rings. The zero-order valence-electron chi connectivity index (χ0n) is 13.2. The summed E-state index contributed by atoms with van der Waals surface area (Å²) in [6.45, 7) is 7.33. The third kappa shape index (κ3) is 3.22. The lowest BCUT2D eigenvalue weighted by molar-refractivity contribution is 0.561. The van der Waals surface area contributed by atoms with Crippen LogP contribution in [0.1, 0.15) is 32.0 Å². The quantitative estimate of drug-likeness (QED) is 0.708. The van der Waals surface area contributed by atoms with E-state index in [9.17, 15) is 0 Å². The number of aromatic amines is 1. The van der Waals surface area contributed by atoms with Crippen molar-refractivity contribution in [2.75, 3.05) is 5.32 Å². The lowest BCUT2D eigenvalue weighted by Crippen LogP contribution is -2.15. The molecule has 3 rings (SSSR count). The van der Waals surface area contributed by atoms with Gasteiger partial charge in [-0.05, 0) is 29.1 Å². The summed E-state index contributed by atoms with van der Waals surface area (Å²) < 4.78 is 0. The molecule has 0 saturated heterocycles. The molecule has 2 aromatic heterocycles. The Balaban J connectivity index is 1.69. The molecular weight excluding hydrogens is 290 g/mol. The molecule has 0 atom stereocenters. The second-order valence-corrected chi connectivity index (χ2v) is 7.36. The first-order valence-corrected chi connectivity index (χ1v) is 8.33. The van der Waals surface area contributed by atoms with Gasteiger partial charge in [0.1, 0.15) is 0 Å². The first-order chi connectivity index (χ1) is 10.5. The predicted octanol–water partition coefficient (Wildman–Crippen LogP) is 5.05. The summed E-state index contributed by atoms with van der Waals surface area (Å²) in [4.78, 5) is 1.30. The van der Waals surface area contributed by atoms with Crippen molar-refractivity contribution in [1.82, 2.24) is 10.2 Å². The van der Waals surface area contributed by atoms with Gasteiger partial charge in [0.2, 0.25) is 0 Å². The second-order valence-electron chi connectivity index (χ2n) is 6.42. The third-order valence-corrected chi connectivity index (χ3v) is 4.52. The number of anilines is 1. The molecule has 114 valence electrons. The Morgan fingerprint density at radius 2 is 1.91 bits per heavy atom. The number of H-pyrrole nitrogens is 1. The Kier molecular flexibility index (Phi) is 4.03. The maximum Gasteiger partial charge on any atom is 0.0725 e. The number of aromatic nitrogens is 2. The van der Waals surface area contributed by atoms with E-state index in [1.54, 1.807) is 11.3 Å². The number of benzene rings is 1. The average molecular weight is 311 g/mol. The summed E-state index contributed by atoms with van der Waals surface area (Å²) in [5, 5.41) is 12.9. The standard InChI is InChI=1S/C18H21N3S/c1-18(2,3)17-14(12-20-21-17)11-19-15-8-6-13(7-9-15)16-5-4-10-22-16/h4-10,12,19H,11H2,1-3H3,(H,20,21). The van der Waals surface area contributed by atoms with E-state index in [4.69, 9.17) is 0 Å². The van der Waals surface area contributed by atoms with Crippen molar-refractivity contribution in [3.8, 4) is 10.4 Å². The molecule has 0 bridgehead atoms. The van der Waals surface area contributed by atoms with Crippen LogP contribution in [0.4, 0.5) is 5.69 Å². The first-order valence-electron chi connectivity index (χ1n) is 7.45. The zero-order chi connectivity index (χ0) is 15.6. The molecular formula is C18H21N3S. The second kappa shape index (κ2) is 5.97. The SMILES string of the molecule is CC(C)(C)c1n[nH]cc1CNc1ccc(-c2cccs2)cc1. The summed E-state index contributed by atoms with van der Waals surface area (Å²) in [7, 11) is 0. The summed E-state index contributed by atoms with van der Waals surface area (Å²) in [6.07, 6.45) is 1.98. The minimum Gasteiger partial charge on any atom is -0.381 e. The molecule has 0 fully saturated rings. The van der Waals surface area contributed by atoms with Gasteiger partial charge in [-0.25, -0.2) is 0 Å². The Morgan fingerprint density at radius 1 is 1.14 bits per heavy atom. The van der Waals surface area contributed by atoms with Crippen molar-refractivity contribution in [3.63, 3.8) is 0 Å². The highest BCUT2D eigenvalue weighted by molar-refractivity contribution is 7.13. The number of hydrogen-bond donors (Lipinski definition) is 2. The molecule has 0 amide bonds. The van der Waals surface area contributed by atoms with Gasteiger partial charge < -0.3 is 5.32 Å². The van der Waals surface area contributed by atoms with Crippen molar-refractivity contribution < 1.29 is 0 Å². The van der Waals surface area contributed by atoms with Crippen LogP contribution in [0.2, 0.25) is 0 Å². The number of rotatable bonds is 4. The van der Waals surface area contributed by atoms with Crippen LogP contribution >= 0.6 is 11.3 Å². The molecule has 4 heteroatoms. The van der Waals surface area contributed by atoms with Gasteiger partial charge in [-0.1, -0.05) is 39.0 Å². The van der Waals surface area contributed by atoms with Gasteiger partial charge in [0.15, 0.2) is 0 Å². The van der Waals surface area contributed by atoms with Crippen LogP contribution in [0.25, 0.3) is 10.4 Å². The Labute approximate surface area is 135 Å². The van der Waals surface area contributed by atoms with Crippen molar-refractivity contribution in [1.29, 1.82) is 0 Å². The van der Waals surface area contributed by atoms with Gasteiger partial charge >= 0.3 is 0 Å². The van der Waals surface area contributed by atoms with Crippen molar-refractivity contribution >= 4 is 17.0 Å². The van der Waals surface area contributed by atoms with E-state index in [0.29, 0.717) is 0 Å². The average Bonchev–Trinajstić information content (AvgIpc) is 3.16. The minimum atomic E-state index is 0.0556. The monoisotopic (exact) mass is 311 g/mol. The summed E-state index contributed by atoms with van der Waals surface area (Å²) in [6, 6.07) is 12.8. The Hall–Kier alpha value is -2.07. The topological polar surface area (TPSA) is 40.7 Å². The van der Waals surface area contributed by atoms with Gasteiger partial charge in [0, 0.05) is 34.3 Å². The number of hydrogen-bond acceptors (Lipinski definition) is 3. The van der Waals surface area contributed by atoms with E-state index in [1.165, 1.54) is 16.0 Å². The predicted molar refractivity (Wildman–Crippen MR) is 94.4 cm³/mol. The molecule has 2 N–H and O–H groups in total. The van der Waals surface area contributed by atoms with E-state index in [2.05, 4.69) is 78.1 Å². The fourth-order valence-electron chi connectivity index (χ4n) is 2.49. The molecule has 1 aromatic carbocycles. The molecule has 0 saturated carbocycles. The van der Waals surface area contributed by atoms with E-state index in [0.717, 1.165) is 17.9 Å². The molecule has 0 radical (unpaired) electrons. The molecule has 0 spiro atoms. The van der Waals surface area contributed by atoms with E-state index >= 15 is 0 Å². The number of nitrogens with one attached hydrogen (secondary N) is 2. The Bertz CT molecular complexity index is 719. The molecule has 2 heterocycles. The molecule has 0 aliphatic carbocycles. The summed E-state index contributed by atoms with van der Waals surface area (Å²) in [5.41, 5.74) is 4.78. The van der Waals surface area contributed by atoms with Gasteiger partial charge in [-0.3, -0.25) is 5.10 Å². The lowest BCUT2D eigenvalue weighted by atomic mass is 9.89. The molecule has 22 heavy (non-hydrogen) atoms. The van der Waals surface area contributed by atoms with E-state index < -0.39 is 0 Å². The van der Waals surface area contributed by atoms with E-state index in [1.807, 2.05) is 6.20 Å². The third-order valence-electron chi connectivity index (χ3n) is 3.60. The highest BCUT2D eigenvalue weighted by Crippen LogP contribution is 2.27. The highest BCUT2D eigenvalue weighted by Gasteiger charge is 2.20. The fraction of sp³-hybridized carbons (Fsp3) is 0.278. The summed E-state index contributed by atoms with van der Waals surface area (Å²) >= 11 is 1.77. The van der Waals surface area contributed by atoms with E-state index in [-0.39, 0.29) is 5.41 Å². The highest BCUT2D eigenvalue weighted by atomic mass is 32.1. The van der Waals surface area contributed by atoms with Crippen LogP contribution < -0.4 is 5.32 Å². The normalized spacial score (nSPS) is 11.6. The van der Waals surface area contributed by atoms with Crippen molar-refractivity contribution in [3.05, 3.63) is 59.2 Å². The van der Waals surface area contributed by atoms with Gasteiger partial charge in [-0.2, -0.15) is 5.10 Å². The maximum atomic E-state index is 4.38. The van der Waals surface area contributed by atoms with Gasteiger partial charge in [-0.15, -0.1) is 11.3 Å². The van der Waals surface area contributed by atoms with Crippen LogP contribution in [0.15, 0.2) is 48.0 Å².